The zero-order valence-corrected chi connectivity index (χ0v) is 14.1. The largest absolute Gasteiger partial charge is 0.294 e. The molecule has 2 aromatic heterocycles. The minimum Gasteiger partial charge on any atom is -0.294 e. The molecule has 0 N–H and O–H groups in total. The van der Waals surface area contributed by atoms with Gasteiger partial charge in [-0.3, -0.25) is 9.36 Å². The predicted molar refractivity (Wildman–Crippen MR) is 95.3 cm³/mol. The van der Waals surface area contributed by atoms with E-state index in [1.165, 1.54) is 11.1 Å². The second-order valence-electron chi connectivity index (χ2n) is 6.92. The van der Waals surface area contributed by atoms with Crippen LogP contribution >= 0.6 is 0 Å². The Hall–Kier alpha value is -2.49. The van der Waals surface area contributed by atoms with Crippen LogP contribution in [-0.4, -0.2) is 14.5 Å². The van der Waals surface area contributed by atoms with Crippen LogP contribution in [0, 0.1) is 12.8 Å². The highest BCUT2D eigenvalue weighted by Crippen LogP contribution is 2.25. The zero-order chi connectivity index (χ0) is 16.7. The lowest BCUT2D eigenvalue weighted by molar-refractivity contribution is 0.495. The fraction of sp³-hybridized carbons (Fsp3) is 0.350. The van der Waals surface area contributed by atoms with E-state index in [4.69, 9.17) is 0 Å². The summed E-state index contributed by atoms with van der Waals surface area (Å²) < 4.78 is 1.69. The molecule has 0 amide bonds. The fourth-order valence-corrected chi connectivity index (χ4v) is 3.51. The lowest BCUT2D eigenvalue weighted by atomic mass is 9.87. The van der Waals surface area contributed by atoms with Crippen LogP contribution in [-0.2, 0) is 19.4 Å². The Balaban J connectivity index is 1.80. The molecule has 0 aliphatic heterocycles. The van der Waals surface area contributed by atoms with Gasteiger partial charge in [-0.1, -0.05) is 31.2 Å². The zero-order valence-electron chi connectivity index (χ0n) is 14.1. The van der Waals surface area contributed by atoms with Gasteiger partial charge in [0.05, 0.1) is 11.9 Å². The van der Waals surface area contributed by atoms with Crippen LogP contribution in [0.15, 0.2) is 41.5 Å². The van der Waals surface area contributed by atoms with E-state index < -0.39 is 0 Å². The second-order valence-corrected chi connectivity index (χ2v) is 6.92. The Morgan fingerprint density at radius 3 is 2.96 bits per heavy atom. The maximum Gasteiger partial charge on any atom is 0.263 e. The van der Waals surface area contributed by atoms with Crippen LogP contribution in [0.1, 0.15) is 35.7 Å². The molecule has 0 bridgehead atoms. The molecule has 24 heavy (non-hydrogen) atoms. The van der Waals surface area contributed by atoms with Crippen molar-refractivity contribution in [2.45, 2.75) is 39.7 Å². The van der Waals surface area contributed by atoms with Crippen molar-refractivity contribution in [1.82, 2.24) is 14.5 Å². The third-order valence-electron chi connectivity index (χ3n) is 5.03. The minimum atomic E-state index is -0.00298. The number of rotatable bonds is 2. The summed E-state index contributed by atoms with van der Waals surface area (Å²) in [7, 11) is 0. The number of benzene rings is 1. The SMILES string of the molecule is Cc1ccccc1Cn1cnc2nc3c(cc2c1=O)C[C@H](C)CC3. The molecule has 0 saturated heterocycles. The van der Waals surface area contributed by atoms with Crippen LogP contribution in [0.3, 0.4) is 0 Å². The highest BCUT2D eigenvalue weighted by atomic mass is 16.1. The molecule has 3 aromatic rings. The second kappa shape index (κ2) is 5.86. The van der Waals surface area contributed by atoms with E-state index in [1.807, 2.05) is 18.2 Å². The summed E-state index contributed by atoms with van der Waals surface area (Å²) in [4.78, 5) is 22.0. The van der Waals surface area contributed by atoms with Crippen LogP contribution < -0.4 is 5.56 Å². The van der Waals surface area contributed by atoms with Gasteiger partial charge in [0.25, 0.3) is 5.56 Å². The Labute approximate surface area is 141 Å². The minimum absolute atomic E-state index is 0.00298. The van der Waals surface area contributed by atoms with E-state index in [-0.39, 0.29) is 5.56 Å². The van der Waals surface area contributed by atoms with Crippen molar-refractivity contribution in [3.63, 3.8) is 0 Å². The van der Waals surface area contributed by atoms with Crippen LogP contribution in [0.4, 0.5) is 0 Å². The number of aromatic nitrogens is 3. The van der Waals surface area contributed by atoms with Gasteiger partial charge in [0.1, 0.15) is 6.33 Å². The van der Waals surface area contributed by atoms with Crippen molar-refractivity contribution >= 4 is 11.0 Å². The molecule has 1 aliphatic carbocycles. The highest BCUT2D eigenvalue weighted by molar-refractivity contribution is 5.74. The molecule has 2 heterocycles. The first-order valence-corrected chi connectivity index (χ1v) is 8.54. The van der Waals surface area contributed by atoms with Gasteiger partial charge in [-0.25, -0.2) is 9.97 Å². The predicted octanol–water partition coefficient (Wildman–Crippen LogP) is 3.27. The monoisotopic (exact) mass is 319 g/mol. The lowest BCUT2D eigenvalue weighted by Crippen LogP contribution is -2.23. The molecule has 4 heteroatoms. The number of hydrogen-bond donors (Lipinski definition) is 0. The molecule has 1 atom stereocenters. The first kappa shape index (κ1) is 15.1. The van der Waals surface area contributed by atoms with Crippen LogP contribution in [0.2, 0.25) is 0 Å². The molecule has 0 unspecified atom stereocenters. The number of aryl methyl sites for hydroxylation is 2. The first-order valence-electron chi connectivity index (χ1n) is 8.54. The third-order valence-corrected chi connectivity index (χ3v) is 5.03. The smallest absolute Gasteiger partial charge is 0.263 e. The number of pyridine rings is 1. The molecule has 0 spiro atoms. The normalized spacial score (nSPS) is 17.0. The maximum atomic E-state index is 12.9. The van der Waals surface area contributed by atoms with Gasteiger partial charge in [0, 0.05) is 5.69 Å². The van der Waals surface area contributed by atoms with E-state index >= 15 is 0 Å². The Kier molecular flexibility index (Phi) is 3.68. The summed E-state index contributed by atoms with van der Waals surface area (Å²) in [5.74, 6) is 0.655. The van der Waals surface area contributed by atoms with E-state index in [0.29, 0.717) is 23.5 Å². The van der Waals surface area contributed by atoms with Gasteiger partial charge in [0.15, 0.2) is 5.65 Å². The van der Waals surface area contributed by atoms with Gasteiger partial charge in [0.2, 0.25) is 0 Å². The van der Waals surface area contributed by atoms with E-state index in [9.17, 15) is 4.79 Å². The summed E-state index contributed by atoms with van der Waals surface area (Å²) in [6.45, 7) is 4.86. The molecular formula is C20H21N3O. The maximum absolute atomic E-state index is 12.9. The molecule has 122 valence electrons. The summed E-state index contributed by atoms with van der Waals surface area (Å²) in [5.41, 5.74) is 5.23. The van der Waals surface area contributed by atoms with Gasteiger partial charge >= 0.3 is 0 Å². The Bertz CT molecular complexity index is 974. The lowest BCUT2D eigenvalue weighted by Gasteiger charge is -2.20. The standard InChI is InChI=1S/C20H21N3O/c1-13-7-8-18-16(9-13)10-17-19(22-18)21-12-23(20(17)24)11-15-6-4-3-5-14(15)2/h3-6,10,12-13H,7-9,11H2,1-2H3/t13-/m1/s1. The average Bonchev–Trinajstić information content (AvgIpc) is 2.58. The van der Waals surface area contributed by atoms with Crippen molar-refractivity contribution < 1.29 is 0 Å². The van der Waals surface area contributed by atoms with Gasteiger partial charge in [-0.15, -0.1) is 0 Å². The summed E-state index contributed by atoms with van der Waals surface area (Å²) in [6, 6.07) is 10.2. The van der Waals surface area contributed by atoms with Gasteiger partial charge in [-0.2, -0.15) is 0 Å². The fourth-order valence-electron chi connectivity index (χ4n) is 3.51. The van der Waals surface area contributed by atoms with Crippen LogP contribution in [0.25, 0.3) is 11.0 Å². The molecule has 4 nitrogen and oxygen atoms in total. The summed E-state index contributed by atoms with van der Waals surface area (Å²) in [5, 5.41) is 0.638. The van der Waals surface area contributed by atoms with Crippen molar-refractivity contribution in [3.05, 3.63) is 69.4 Å². The average molecular weight is 319 g/mol. The van der Waals surface area contributed by atoms with E-state index in [1.54, 1.807) is 10.9 Å². The summed E-state index contributed by atoms with van der Waals surface area (Å²) in [6.07, 6.45) is 4.78. The quantitative estimate of drug-likeness (QED) is 0.728. The molecular weight excluding hydrogens is 298 g/mol. The highest BCUT2D eigenvalue weighted by Gasteiger charge is 2.18. The molecule has 0 saturated carbocycles. The molecule has 4 rings (SSSR count). The van der Waals surface area contributed by atoms with E-state index in [2.05, 4.69) is 35.9 Å². The Morgan fingerprint density at radius 1 is 1.29 bits per heavy atom. The topological polar surface area (TPSA) is 47.8 Å². The van der Waals surface area contributed by atoms with Gasteiger partial charge in [-0.05, 0) is 54.9 Å². The van der Waals surface area contributed by atoms with Crippen molar-refractivity contribution in [2.24, 2.45) is 5.92 Å². The van der Waals surface area contributed by atoms with Crippen molar-refractivity contribution in [1.29, 1.82) is 0 Å². The molecule has 0 fully saturated rings. The van der Waals surface area contributed by atoms with Crippen molar-refractivity contribution in [3.8, 4) is 0 Å². The number of fused-ring (bicyclic) bond motifs is 2. The van der Waals surface area contributed by atoms with Crippen molar-refractivity contribution in [2.75, 3.05) is 0 Å². The third kappa shape index (κ3) is 2.62. The summed E-state index contributed by atoms with van der Waals surface area (Å²) >= 11 is 0. The molecule has 0 radical (unpaired) electrons. The Morgan fingerprint density at radius 2 is 2.12 bits per heavy atom. The van der Waals surface area contributed by atoms with E-state index in [0.717, 1.165) is 30.5 Å². The number of hydrogen-bond acceptors (Lipinski definition) is 3. The van der Waals surface area contributed by atoms with Crippen LogP contribution in [0.5, 0.6) is 0 Å². The van der Waals surface area contributed by atoms with Gasteiger partial charge < -0.3 is 0 Å². The number of nitrogens with zero attached hydrogens (tertiary/aromatic N) is 3. The molecule has 1 aliphatic rings. The molecule has 1 aromatic carbocycles. The first-order chi connectivity index (χ1) is 11.6.